The van der Waals surface area contributed by atoms with Crippen molar-refractivity contribution in [3.8, 4) is 0 Å². The Morgan fingerprint density at radius 1 is 0.800 bits per heavy atom. The molecule has 3 aliphatic heterocycles. The summed E-state index contributed by atoms with van der Waals surface area (Å²) in [6.07, 6.45) is 10.1. The predicted octanol–water partition coefficient (Wildman–Crippen LogP) is 3.86. The van der Waals surface area contributed by atoms with E-state index in [1.54, 1.807) is 4.90 Å². The molecule has 0 aromatic heterocycles. The molecule has 4 aliphatic rings. The number of amides is 3. The fraction of sp³-hybridized carbons (Fsp3) is 0.714. The van der Waals surface area contributed by atoms with Gasteiger partial charge in [-0.05, 0) is 68.2 Å². The molecule has 7 nitrogen and oxygen atoms in total. The van der Waals surface area contributed by atoms with Crippen molar-refractivity contribution in [2.45, 2.75) is 58.3 Å². The van der Waals surface area contributed by atoms with Crippen LogP contribution in [0.2, 0.25) is 0 Å². The lowest BCUT2D eigenvalue weighted by Crippen LogP contribution is -2.50. The third-order valence-electron chi connectivity index (χ3n) is 8.73. The molecule has 3 saturated heterocycles. The Kier molecular flexibility index (Phi) is 7.93. The van der Waals surface area contributed by atoms with E-state index in [1.807, 2.05) is 6.07 Å². The number of rotatable bonds is 6. The van der Waals surface area contributed by atoms with Crippen LogP contribution < -0.4 is 15.1 Å². The van der Waals surface area contributed by atoms with E-state index in [0.29, 0.717) is 13.0 Å². The summed E-state index contributed by atoms with van der Waals surface area (Å²) in [7, 11) is 0. The number of hydrogen-bond acceptors (Lipinski definition) is 5. The zero-order chi connectivity index (χ0) is 24.2. The van der Waals surface area contributed by atoms with E-state index in [4.69, 9.17) is 0 Å². The average Bonchev–Trinajstić information content (AvgIpc) is 2.87. The van der Waals surface area contributed by atoms with Crippen LogP contribution in [0.25, 0.3) is 0 Å². The van der Waals surface area contributed by atoms with Crippen LogP contribution in [0.4, 0.5) is 16.2 Å². The molecule has 0 bridgehead atoms. The molecule has 0 radical (unpaired) electrons. The normalized spacial score (nSPS) is 24.1. The number of anilines is 2. The Hall–Kier alpha value is -2.12. The minimum atomic E-state index is -0.312. The fourth-order valence-electron chi connectivity index (χ4n) is 6.56. The number of carbonyl (C=O) groups is 2. The standard InChI is InChI=1S/C28H43N5O2/c1-22-19-25(7-8-26(22)33-14-11-27(34)29-28(33)35)32-12-9-24(10-13-32)21-31-17-15-30(16-18-31)20-23-5-3-2-4-6-23/h7-8,19,23-24H,2-6,9-18,20-21H2,1H3,(H,29,34,35). The molecule has 5 rings (SSSR count). The minimum Gasteiger partial charge on any atom is -0.372 e. The molecular formula is C28H43N5O2. The van der Waals surface area contributed by atoms with Gasteiger partial charge in [0.1, 0.15) is 0 Å². The van der Waals surface area contributed by atoms with E-state index in [-0.39, 0.29) is 11.9 Å². The molecule has 1 aromatic rings. The van der Waals surface area contributed by atoms with E-state index < -0.39 is 0 Å². The first kappa shape index (κ1) is 24.6. The van der Waals surface area contributed by atoms with Crippen LogP contribution in [0.1, 0.15) is 56.9 Å². The first-order valence-electron chi connectivity index (χ1n) is 14.0. The summed E-state index contributed by atoms with van der Waals surface area (Å²) in [6.45, 7) is 12.3. The lowest BCUT2D eigenvalue weighted by atomic mass is 9.89. The summed E-state index contributed by atoms with van der Waals surface area (Å²) in [5, 5.41) is 2.42. The maximum absolute atomic E-state index is 12.2. The topological polar surface area (TPSA) is 59.1 Å². The molecular weight excluding hydrogens is 438 g/mol. The number of nitrogens with zero attached hydrogens (tertiary/aromatic N) is 4. The SMILES string of the molecule is Cc1cc(N2CCC(CN3CCN(CC4CCCCC4)CC3)CC2)ccc1N1CCC(=O)NC1=O. The highest BCUT2D eigenvalue weighted by molar-refractivity contribution is 6.06. The maximum Gasteiger partial charge on any atom is 0.328 e. The number of imide groups is 1. The molecule has 0 atom stereocenters. The van der Waals surface area contributed by atoms with Gasteiger partial charge >= 0.3 is 6.03 Å². The van der Waals surface area contributed by atoms with Crippen LogP contribution in [-0.4, -0.2) is 80.6 Å². The summed E-state index contributed by atoms with van der Waals surface area (Å²) in [5.74, 6) is 1.56. The highest BCUT2D eigenvalue weighted by Gasteiger charge is 2.27. The predicted molar refractivity (Wildman–Crippen MR) is 141 cm³/mol. The van der Waals surface area contributed by atoms with Gasteiger partial charge in [0.25, 0.3) is 0 Å². The van der Waals surface area contributed by atoms with Crippen LogP contribution in [0.15, 0.2) is 18.2 Å². The second-order valence-electron chi connectivity index (χ2n) is 11.3. The zero-order valence-electron chi connectivity index (χ0n) is 21.5. The average molecular weight is 482 g/mol. The Bertz CT molecular complexity index is 883. The van der Waals surface area contributed by atoms with Gasteiger partial charge in [-0.15, -0.1) is 0 Å². The molecule has 3 amide bonds. The van der Waals surface area contributed by atoms with Crippen molar-refractivity contribution in [2.75, 3.05) is 68.7 Å². The van der Waals surface area contributed by atoms with E-state index in [1.165, 1.54) is 89.9 Å². The Labute approximate surface area is 210 Å². The molecule has 0 spiro atoms. The minimum absolute atomic E-state index is 0.190. The van der Waals surface area contributed by atoms with Gasteiger partial charge in [-0.1, -0.05) is 19.3 Å². The van der Waals surface area contributed by atoms with E-state index in [2.05, 4.69) is 39.1 Å². The first-order chi connectivity index (χ1) is 17.0. The third kappa shape index (κ3) is 6.18. The van der Waals surface area contributed by atoms with Crippen LogP contribution in [0.5, 0.6) is 0 Å². The van der Waals surface area contributed by atoms with Gasteiger partial charge in [0.2, 0.25) is 5.91 Å². The molecule has 192 valence electrons. The van der Waals surface area contributed by atoms with E-state index in [9.17, 15) is 9.59 Å². The second-order valence-corrected chi connectivity index (χ2v) is 11.3. The lowest BCUT2D eigenvalue weighted by molar-refractivity contribution is -0.120. The lowest BCUT2D eigenvalue weighted by Gasteiger charge is -2.40. The number of piperidine rings is 1. The van der Waals surface area contributed by atoms with Gasteiger partial charge in [0.15, 0.2) is 0 Å². The summed E-state index contributed by atoms with van der Waals surface area (Å²) in [6, 6.07) is 6.06. The molecule has 35 heavy (non-hydrogen) atoms. The number of piperazine rings is 1. The number of nitrogens with one attached hydrogen (secondary N) is 1. The van der Waals surface area contributed by atoms with Gasteiger partial charge in [-0.3, -0.25) is 15.0 Å². The molecule has 0 unspecified atom stereocenters. The summed E-state index contributed by atoms with van der Waals surface area (Å²) in [4.78, 5) is 33.3. The molecule has 3 heterocycles. The number of aryl methyl sites for hydroxylation is 1. The molecule has 1 aromatic carbocycles. The van der Waals surface area contributed by atoms with Crippen LogP contribution >= 0.6 is 0 Å². The van der Waals surface area contributed by atoms with Gasteiger partial charge in [0, 0.05) is 76.7 Å². The van der Waals surface area contributed by atoms with Crippen LogP contribution in [0, 0.1) is 18.8 Å². The Balaban J connectivity index is 1.06. The first-order valence-corrected chi connectivity index (χ1v) is 14.0. The van der Waals surface area contributed by atoms with E-state index in [0.717, 1.165) is 36.2 Å². The van der Waals surface area contributed by atoms with Crippen molar-refractivity contribution >= 4 is 23.3 Å². The van der Waals surface area contributed by atoms with Crippen LogP contribution in [0.3, 0.4) is 0 Å². The largest absolute Gasteiger partial charge is 0.372 e. The molecule has 1 saturated carbocycles. The highest BCUT2D eigenvalue weighted by Crippen LogP contribution is 2.30. The van der Waals surface area contributed by atoms with Crippen molar-refractivity contribution in [1.29, 1.82) is 0 Å². The quantitative estimate of drug-likeness (QED) is 0.669. The monoisotopic (exact) mass is 481 g/mol. The van der Waals surface area contributed by atoms with Crippen molar-refractivity contribution in [1.82, 2.24) is 15.1 Å². The fourth-order valence-corrected chi connectivity index (χ4v) is 6.56. The summed E-state index contributed by atoms with van der Waals surface area (Å²) >= 11 is 0. The second kappa shape index (κ2) is 11.3. The van der Waals surface area contributed by atoms with Crippen molar-refractivity contribution in [2.24, 2.45) is 11.8 Å². The maximum atomic E-state index is 12.2. The number of carbonyl (C=O) groups excluding carboxylic acids is 2. The van der Waals surface area contributed by atoms with Gasteiger partial charge in [-0.2, -0.15) is 0 Å². The van der Waals surface area contributed by atoms with Gasteiger partial charge in [0.05, 0.1) is 0 Å². The van der Waals surface area contributed by atoms with Crippen molar-refractivity contribution < 1.29 is 9.59 Å². The molecule has 1 aliphatic carbocycles. The molecule has 7 heteroatoms. The van der Waals surface area contributed by atoms with Crippen molar-refractivity contribution in [3.05, 3.63) is 23.8 Å². The zero-order valence-corrected chi connectivity index (χ0v) is 21.5. The van der Waals surface area contributed by atoms with E-state index >= 15 is 0 Å². The molecule has 4 fully saturated rings. The Morgan fingerprint density at radius 2 is 1.43 bits per heavy atom. The number of urea groups is 1. The van der Waals surface area contributed by atoms with Gasteiger partial charge in [-0.25, -0.2) is 4.79 Å². The summed E-state index contributed by atoms with van der Waals surface area (Å²) < 4.78 is 0. The third-order valence-corrected chi connectivity index (χ3v) is 8.73. The Morgan fingerprint density at radius 3 is 2.03 bits per heavy atom. The smallest absolute Gasteiger partial charge is 0.328 e. The number of benzene rings is 1. The van der Waals surface area contributed by atoms with Gasteiger partial charge < -0.3 is 14.7 Å². The van der Waals surface area contributed by atoms with Crippen molar-refractivity contribution in [3.63, 3.8) is 0 Å². The summed E-state index contributed by atoms with van der Waals surface area (Å²) in [5.41, 5.74) is 3.23. The highest BCUT2D eigenvalue weighted by atomic mass is 16.2. The van der Waals surface area contributed by atoms with Crippen LogP contribution in [-0.2, 0) is 4.79 Å². The number of hydrogen-bond donors (Lipinski definition) is 1. The molecule has 1 N–H and O–H groups in total.